The predicted molar refractivity (Wildman–Crippen MR) is 32.3 cm³/mol. The molecular formula is C6H12N2. The van der Waals surface area contributed by atoms with Gasteiger partial charge in [0, 0.05) is 12.1 Å². The van der Waals surface area contributed by atoms with Crippen molar-refractivity contribution in [1.29, 1.82) is 0 Å². The van der Waals surface area contributed by atoms with Crippen LogP contribution in [0.2, 0.25) is 0 Å². The van der Waals surface area contributed by atoms with Gasteiger partial charge in [-0.15, -0.1) is 0 Å². The van der Waals surface area contributed by atoms with Crippen LogP contribution in [0.4, 0.5) is 0 Å². The third kappa shape index (κ3) is 0.644. The molecule has 46 valence electrons. The molecule has 0 aromatic carbocycles. The van der Waals surface area contributed by atoms with E-state index < -0.39 is 0 Å². The maximum absolute atomic E-state index is 3.27. The van der Waals surface area contributed by atoms with E-state index in [2.05, 4.69) is 10.9 Å². The molecule has 2 unspecified atom stereocenters. The maximum atomic E-state index is 3.27. The summed E-state index contributed by atoms with van der Waals surface area (Å²) in [7, 11) is 0. The Labute approximate surface area is 49.6 Å². The Morgan fingerprint density at radius 3 is 2.12 bits per heavy atom. The molecule has 0 amide bonds. The lowest BCUT2D eigenvalue weighted by atomic mass is 9.94. The fourth-order valence-corrected chi connectivity index (χ4v) is 1.69. The van der Waals surface area contributed by atoms with Crippen LogP contribution in [-0.2, 0) is 0 Å². The van der Waals surface area contributed by atoms with Crippen molar-refractivity contribution in [3.05, 3.63) is 0 Å². The van der Waals surface area contributed by atoms with Gasteiger partial charge in [-0.2, -0.15) is 0 Å². The van der Waals surface area contributed by atoms with E-state index in [0.29, 0.717) is 0 Å². The Balaban J connectivity index is 2.03. The average molecular weight is 112 g/mol. The Morgan fingerprint density at radius 2 is 1.62 bits per heavy atom. The van der Waals surface area contributed by atoms with Gasteiger partial charge in [-0.1, -0.05) is 6.42 Å². The van der Waals surface area contributed by atoms with Gasteiger partial charge in [0.1, 0.15) is 0 Å². The Morgan fingerprint density at radius 1 is 1.00 bits per heavy atom. The van der Waals surface area contributed by atoms with Crippen LogP contribution in [0.15, 0.2) is 0 Å². The van der Waals surface area contributed by atoms with Gasteiger partial charge >= 0.3 is 0 Å². The lowest BCUT2D eigenvalue weighted by Crippen LogP contribution is -2.30. The van der Waals surface area contributed by atoms with Crippen molar-refractivity contribution in [2.75, 3.05) is 0 Å². The molecule has 2 aliphatic rings. The lowest BCUT2D eigenvalue weighted by molar-refractivity contribution is 0.456. The SMILES string of the molecule is C1CC2CC(C1)NN2. The van der Waals surface area contributed by atoms with Crippen molar-refractivity contribution in [3.8, 4) is 0 Å². The third-order valence-electron chi connectivity index (χ3n) is 2.17. The number of hydrazine groups is 1. The summed E-state index contributed by atoms with van der Waals surface area (Å²) in [6.45, 7) is 0. The van der Waals surface area contributed by atoms with Crippen LogP contribution >= 0.6 is 0 Å². The van der Waals surface area contributed by atoms with Crippen molar-refractivity contribution in [2.24, 2.45) is 0 Å². The standard InChI is InChI=1S/C6H12N2/c1-2-5-4-6(3-1)8-7-5/h5-8H,1-4H2. The molecule has 1 aliphatic heterocycles. The minimum atomic E-state index is 0.800. The van der Waals surface area contributed by atoms with Crippen LogP contribution in [-0.4, -0.2) is 12.1 Å². The van der Waals surface area contributed by atoms with Crippen LogP contribution in [0.1, 0.15) is 25.7 Å². The molecule has 2 nitrogen and oxygen atoms in total. The van der Waals surface area contributed by atoms with Crippen LogP contribution in [0.3, 0.4) is 0 Å². The van der Waals surface area contributed by atoms with Gasteiger partial charge in [-0.05, 0) is 19.3 Å². The number of fused-ring (bicyclic) bond motifs is 2. The normalized spacial score (nSPS) is 45.0. The first-order valence-corrected chi connectivity index (χ1v) is 3.46. The van der Waals surface area contributed by atoms with Crippen molar-refractivity contribution in [2.45, 2.75) is 37.8 Å². The van der Waals surface area contributed by atoms with E-state index in [9.17, 15) is 0 Å². The van der Waals surface area contributed by atoms with Crippen LogP contribution in [0.5, 0.6) is 0 Å². The first-order valence-electron chi connectivity index (χ1n) is 3.46. The van der Waals surface area contributed by atoms with Crippen LogP contribution < -0.4 is 10.9 Å². The molecule has 0 aromatic rings. The summed E-state index contributed by atoms with van der Waals surface area (Å²) in [5.41, 5.74) is 6.54. The highest BCUT2D eigenvalue weighted by Crippen LogP contribution is 2.21. The smallest absolute Gasteiger partial charge is 0.0228 e. The number of hydrogen-bond donors (Lipinski definition) is 2. The van der Waals surface area contributed by atoms with Gasteiger partial charge in [0.05, 0.1) is 0 Å². The second-order valence-corrected chi connectivity index (χ2v) is 2.85. The minimum Gasteiger partial charge on any atom is -0.254 e. The summed E-state index contributed by atoms with van der Waals surface area (Å²) >= 11 is 0. The predicted octanol–water partition coefficient (Wildman–Crippen LogP) is 0.405. The van der Waals surface area contributed by atoms with Gasteiger partial charge < -0.3 is 0 Å². The molecule has 2 N–H and O–H groups in total. The molecular weight excluding hydrogens is 100 g/mol. The summed E-state index contributed by atoms with van der Waals surface area (Å²) < 4.78 is 0. The van der Waals surface area contributed by atoms with Crippen molar-refractivity contribution in [3.63, 3.8) is 0 Å². The second kappa shape index (κ2) is 1.71. The quantitative estimate of drug-likeness (QED) is 0.474. The monoisotopic (exact) mass is 112 g/mol. The average Bonchev–Trinajstić information content (AvgIpc) is 2.12. The molecule has 1 aliphatic carbocycles. The summed E-state index contributed by atoms with van der Waals surface area (Å²) in [5, 5.41) is 0. The molecule has 1 saturated heterocycles. The fraction of sp³-hybridized carbons (Fsp3) is 1.00. The lowest BCUT2D eigenvalue weighted by Gasteiger charge is -2.14. The summed E-state index contributed by atoms with van der Waals surface area (Å²) in [4.78, 5) is 0. The van der Waals surface area contributed by atoms with E-state index in [-0.39, 0.29) is 0 Å². The molecule has 2 rings (SSSR count). The summed E-state index contributed by atoms with van der Waals surface area (Å²) in [6, 6.07) is 1.60. The number of rotatable bonds is 0. The molecule has 0 spiro atoms. The molecule has 2 fully saturated rings. The van der Waals surface area contributed by atoms with Crippen molar-refractivity contribution in [1.82, 2.24) is 10.9 Å². The molecule has 8 heavy (non-hydrogen) atoms. The Bertz CT molecular complexity index is 78.5. The maximum Gasteiger partial charge on any atom is 0.0228 e. The highest BCUT2D eigenvalue weighted by molar-refractivity contribution is 4.85. The van der Waals surface area contributed by atoms with Crippen molar-refractivity contribution < 1.29 is 0 Å². The van der Waals surface area contributed by atoms with Gasteiger partial charge in [0.25, 0.3) is 0 Å². The van der Waals surface area contributed by atoms with Crippen LogP contribution in [0.25, 0.3) is 0 Å². The van der Waals surface area contributed by atoms with Gasteiger partial charge in [0.15, 0.2) is 0 Å². The highest BCUT2D eigenvalue weighted by Gasteiger charge is 2.26. The molecule has 0 aromatic heterocycles. The molecule has 1 heterocycles. The van der Waals surface area contributed by atoms with Gasteiger partial charge in [0.2, 0.25) is 0 Å². The second-order valence-electron chi connectivity index (χ2n) is 2.85. The topological polar surface area (TPSA) is 24.1 Å². The first-order chi connectivity index (χ1) is 3.95. The zero-order chi connectivity index (χ0) is 5.40. The van der Waals surface area contributed by atoms with E-state index in [0.717, 1.165) is 12.1 Å². The van der Waals surface area contributed by atoms with Crippen molar-refractivity contribution >= 4 is 0 Å². The van der Waals surface area contributed by atoms with E-state index in [4.69, 9.17) is 0 Å². The molecule has 0 radical (unpaired) electrons. The number of nitrogens with one attached hydrogen (secondary N) is 2. The Kier molecular flexibility index (Phi) is 1.02. The minimum absolute atomic E-state index is 0.800. The van der Waals surface area contributed by atoms with Crippen LogP contribution in [0, 0.1) is 0 Å². The molecule has 2 atom stereocenters. The zero-order valence-corrected chi connectivity index (χ0v) is 4.98. The summed E-state index contributed by atoms with van der Waals surface area (Å²) in [5.74, 6) is 0. The summed E-state index contributed by atoms with van der Waals surface area (Å²) in [6.07, 6.45) is 5.53. The molecule has 1 saturated carbocycles. The molecule has 2 heteroatoms. The van der Waals surface area contributed by atoms with Gasteiger partial charge in [-0.3, -0.25) is 10.9 Å². The third-order valence-corrected chi connectivity index (χ3v) is 2.17. The zero-order valence-electron chi connectivity index (χ0n) is 4.98. The number of hydrogen-bond acceptors (Lipinski definition) is 2. The van der Waals surface area contributed by atoms with E-state index in [1.807, 2.05) is 0 Å². The van der Waals surface area contributed by atoms with E-state index >= 15 is 0 Å². The highest BCUT2D eigenvalue weighted by atomic mass is 15.4. The molecule has 2 bridgehead atoms. The largest absolute Gasteiger partial charge is 0.254 e. The van der Waals surface area contributed by atoms with Gasteiger partial charge in [-0.25, -0.2) is 0 Å². The first kappa shape index (κ1) is 4.77. The van der Waals surface area contributed by atoms with E-state index in [1.165, 1.54) is 25.7 Å². The fourth-order valence-electron chi connectivity index (χ4n) is 1.69. The Hall–Kier alpha value is -0.0800. The van der Waals surface area contributed by atoms with E-state index in [1.54, 1.807) is 0 Å².